The van der Waals surface area contributed by atoms with E-state index in [-0.39, 0.29) is 25.0 Å². The maximum Gasteiger partial charge on any atom is 0.350 e. The second-order valence-corrected chi connectivity index (χ2v) is 8.06. The van der Waals surface area contributed by atoms with Gasteiger partial charge in [0.15, 0.2) is 0 Å². The minimum Gasteiger partial charge on any atom is -0.462 e. The Morgan fingerprint density at radius 3 is 2.63 bits per heavy atom. The first kappa shape index (κ1) is 19.4. The fourth-order valence-corrected chi connectivity index (χ4v) is 4.51. The molecule has 0 unspecified atom stereocenters. The Kier molecular flexibility index (Phi) is 6.18. The fraction of sp³-hybridized carbons (Fsp3) is 0.316. The number of rotatable bonds is 6. The Morgan fingerprint density at radius 1 is 1.26 bits per heavy atom. The van der Waals surface area contributed by atoms with Crippen LogP contribution in [0.4, 0.5) is 5.69 Å². The van der Waals surface area contributed by atoms with Crippen molar-refractivity contribution < 1.29 is 19.1 Å². The summed E-state index contributed by atoms with van der Waals surface area (Å²) in [6, 6.07) is 9.71. The Labute approximate surface area is 165 Å². The fourth-order valence-electron chi connectivity index (χ4n) is 2.60. The van der Waals surface area contributed by atoms with E-state index in [2.05, 4.69) is 5.32 Å². The first-order valence-electron chi connectivity index (χ1n) is 8.51. The molecule has 1 saturated heterocycles. The SMILES string of the molecule is CCOC(=O)c1sc(-c2ccc(C)cc2)cc1NC(=O)CN1CSCC1=O. The van der Waals surface area contributed by atoms with Gasteiger partial charge in [0.2, 0.25) is 11.8 Å². The molecular weight excluding hydrogens is 384 g/mol. The summed E-state index contributed by atoms with van der Waals surface area (Å²) in [7, 11) is 0. The van der Waals surface area contributed by atoms with Crippen molar-refractivity contribution in [1.82, 2.24) is 4.90 Å². The van der Waals surface area contributed by atoms with Crippen molar-refractivity contribution in [2.75, 3.05) is 30.1 Å². The van der Waals surface area contributed by atoms with Crippen LogP contribution in [-0.4, -0.2) is 47.5 Å². The molecule has 2 aromatic rings. The summed E-state index contributed by atoms with van der Waals surface area (Å²) in [6.07, 6.45) is 0. The third-order valence-electron chi connectivity index (χ3n) is 3.96. The molecule has 142 valence electrons. The van der Waals surface area contributed by atoms with E-state index in [0.29, 0.717) is 22.2 Å². The number of aryl methyl sites for hydroxylation is 1. The van der Waals surface area contributed by atoms with Crippen LogP contribution in [0.15, 0.2) is 30.3 Å². The Hall–Kier alpha value is -2.32. The molecule has 1 aromatic heterocycles. The van der Waals surface area contributed by atoms with Crippen molar-refractivity contribution in [3.05, 3.63) is 40.8 Å². The maximum absolute atomic E-state index is 12.4. The van der Waals surface area contributed by atoms with Gasteiger partial charge >= 0.3 is 5.97 Å². The van der Waals surface area contributed by atoms with Crippen LogP contribution >= 0.6 is 23.1 Å². The van der Waals surface area contributed by atoms with Gasteiger partial charge in [0, 0.05) is 4.88 Å². The molecule has 0 atom stereocenters. The summed E-state index contributed by atoms with van der Waals surface area (Å²) >= 11 is 2.76. The molecule has 27 heavy (non-hydrogen) atoms. The lowest BCUT2D eigenvalue weighted by Gasteiger charge is -2.14. The average Bonchev–Trinajstić information content (AvgIpc) is 3.22. The number of ether oxygens (including phenoxy) is 1. The standard InChI is InChI=1S/C19H20N2O4S2/c1-3-25-19(24)18-14(20-16(22)9-21-11-26-10-17(21)23)8-15(27-18)13-6-4-12(2)5-7-13/h4-8H,3,9-11H2,1-2H3,(H,20,22). The van der Waals surface area contributed by atoms with Gasteiger partial charge in [-0.3, -0.25) is 9.59 Å². The first-order valence-corrected chi connectivity index (χ1v) is 10.5. The molecule has 1 fully saturated rings. The highest BCUT2D eigenvalue weighted by molar-refractivity contribution is 8.00. The lowest BCUT2D eigenvalue weighted by molar-refractivity contribution is -0.130. The molecule has 1 aliphatic heterocycles. The van der Waals surface area contributed by atoms with Gasteiger partial charge in [-0.25, -0.2) is 4.79 Å². The van der Waals surface area contributed by atoms with Gasteiger partial charge in [0.05, 0.1) is 23.9 Å². The summed E-state index contributed by atoms with van der Waals surface area (Å²) in [5, 5.41) is 2.77. The third-order valence-corrected chi connectivity index (χ3v) is 6.07. The zero-order chi connectivity index (χ0) is 19.4. The molecule has 1 N–H and O–H groups in total. The zero-order valence-corrected chi connectivity index (χ0v) is 16.7. The predicted molar refractivity (Wildman–Crippen MR) is 108 cm³/mol. The number of benzene rings is 1. The monoisotopic (exact) mass is 404 g/mol. The third kappa shape index (κ3) is 4.70. The van der Waals surface area contributed by atoms with E-state index in [0.717, 1.165) is 16.0 Å². The van der Waals surface area contributed by atoms with Crippen LogP contribution < -0.4 is 5.32 Å². The van der Waals surface area contributed by atoms with Crippen LogP contribution in [0, 0.1) is 6.92 Å². The lowest BCUT2D eigenvalue weighted by atomic mass is 10.1. The zero-order valence-electron chi connectivity index (χ0n) is 15.1. The second kappa shape index (κ2) is 8.58. The Bertz CT molecular complexity index is 861. The molecule has 0 saturated carbocycles. The Morgan fingerprint density at radius 2 is 2.00 bits per heavy atom. The molecule has 0 aliphatic carbocycles. The number of thiophene rings is 1. The van der Waals surface area contributed by atoms with E-state index in [9.17, 15) is 14.4 Å². The van der Waals surface area contributed by atoms with E-state index < -0.39 is 5.97 Å². The highest BCUT2D eigenvalue weighted by atomic mass is 32.2. The normalized spacial score (nSPS) is 13.7. The van der Waals surface area contributed by atoms with Crippen molar-refractivity contribution >= 4 is 46.6 Å². The van der Waals surface area contributed by atoms with Crippen molar-refractivity contribution in [1.29, 1.82) is 0 Å². The number of carbonyl (C=O) groups excluding carboxylic acids is 3. The number of hydrogen-bond donors (Lipinski definition) is 1. The van der Waals surface area contributed by atoms with Gasteiger partial charge in [-0.2, -0.15) is 0 Å². The Balaban J connectivity index is 1.83. The van der Waals surface area contributed by atoms with Crippen LogP contribution in [0.1, 0.15) is 22.2 Å². The van der Waals surface area contributed by atoms with Crippen molar-refractivity contribution in [3.63, 3.8) is 0 Å². The first-order chi connectivity index (χ1) is 13.0. The summed E-state index contributed by atoms with van der Waals surface area (Å²) in [4.78, 5) is 39.1. The minimum absolute atomic E-state index is 0.0240. The van der Waals surface area contributed by atoms with Crippen LogP contribution in [0.25, 0.3) is 10.4 Å². The van der Waals surface area contributed by atoms with Gasteiger partial charge in [0.25, 0.3) is 0 Å². The molecule has 2 amide bonds. The molecule has 3 rings (SSSR count). The van der Waals surface area contributed by atoms with Gasteiger partial charge in [0.1, 0.15) is 11.4 Å². The lowest BCUT2D eigenvalue weighted by Crippen LogP contribution is -2.34. The second-order valence-electron chi connectivity index (χ2n) is 6.06. The van der Waals surface area contributed by atoms with E-state index in [1.165, 1.54) is 28.0 Å². The molecule has 0 bridgehead atoms. The van der Waals surface area contributed by atoms with Gasteiger partial charge in [-0.15, -0.1) is 23.1 Å². The van der Waals surface area contributed by atoms with Crippen LogP contribution in [0.2, 0.25) is 0 Å². The molecule has 1 aliphatic rings. The number of nitrogens with zero attached hydrogens (tertiary/aromatic N) is 1. The highest BCUT2D eigenvalue weighted by Crippen LogP contribution is 2.35. The minimum atomic E-state index is -0.469. The number of hydrogen-bond acceptors (Lipinski definition) is 6. The highest BCUT2D eigenvalue weighted by Gasteiger charge is 2.25. The van der Waals surface area contributed by atoms with Crippen LogP contribution in [-0.2, 0) is 14.3 Å². The van der Waals surface area contributed by atoms with E-state index in [1.54, 1.807) is 13.0 Å². The summed E-state index contributed by atoms with van der Waals surface area (Å²) in [5.74, 6) is 0.0622. The van der Waals surface area contributed by atoms with Crippen LogP contribution in [0.5, 0.6) is 0 Å². The molecule has 8 heteroatoms. The van der Waals surface area contributed by atoms with Crippen molar-refractivity contribution in [3.8, 4) is 10.4 Å². The molecule has 0 spiro atoms. The number of carbonyl (C=O) groups is 3. The summed E-state index contributed by atoms with van der Waals surface area (Å²) < 4.78 is 5.12. The predicted octanol–water partition coefficient (Wildman–Crippen LogP) is 3.37. The largest absolute Gasteiger partial charge is 0.462 e. The van der Waals surface area contributed by atoms with Gasteiger partial charge in [-0.05, 0) is 25.5 Å². The average molecular weight is 405 g/mol. The van der Waals surface area contributed by atoms with E-state index in [4.69, 9.17) is 4.74 Å². The molecular formula is C19H20N2O4S2. The van der Waals surface area contributed by atoms with E-state index >= 15 is 0 Å². The number of anilines is 1. The van der Waals surface area contributed by atoms with Crippen molar-refractivity contribution in [2.45, 2.75) is 13.8 Å². The molecule has 1 aromatic carbocycles. The number of esters is 1. The quantitative estimate of drug-likeness (QED) is 0.747. The summed E-state index contributed by atoms with van der Waals surface area (Å²) in [6.45, 7) is 3.97. The molecule has 2 heterocycles. The molecule has 0 radical (unpaired) electrons. The van der Waals surface area contributed by atoms with Crippen molar-refractivity contribution in [2.24, 2.45) is 0 Å². The van der Waals surface area contributed by atoms with Crippen LogP contribution in [0.3, 0.4) is 0 Å². The molecule has 6 nitrogen and oxygen atoms in total. The number of thioether (sulfide) groups is 1. The topological polar surface area (TPSA) is 75.7 Å². The van der Waals surface area contributed by atoms with E-state index in [1.807, 2.05) is 31.2 Å². The number of amides is 2. The summed E-state index contributed by atoms with van der Waals surface area (Å²) in [5.41, 5.74) is 2.52. The maximum atomic E-state index is 12.4. The number of nitrogens with one attached hydrogen (secondary N) is 1. The smallest absolute Gasteiger partial charge is 0.350 e. The van der Waals surface area contributed by atoms with Gasteiger partial charge < -0.3 is 15.0 Å². The van der Waals surface area contributed by atoms with Gasteiger partial charge in [-0.1, -0.05) is 29.8 Å².